The number of hydrogen-bond acceptors (Lipinski definition) is 5. The number of phosphoric acid groups is 1. The Labute approximate surface area is 329 Å². The lowest BCUT2D eigenvalue weighted by atomic mass is 10.0. The van der Waals surface area contributed by atoms with Crippen LogP contribution in [0.1, 0.15) is 213 Å². The molecule has 0 aliphatic rings. The van der Waals surface area contributed by atoms with Gasteiger partial charge < -0.3 is 19.8 Å². The third kappa shape index (κ3) is 39.3. The van der Waals surface area contributed by atoms with E-state index in [4.69, 9.17) is 9.05 Å². The van der Waals surface area contributed by atoms with E-state index >= 15 is 0 Å². The van der Waals surface area contributed by atoms with Crippen molar-refractivity contribution in [1.82, 2.24) is 5.32 Å². The minimum Gasteiger partial charge on any atom is -0.391 e. The summed E-state index contributed by atoms with van der Waals surface area (Å²) in [6.07, 6.45) is 41.0. The first-order valence-electron chi connectivity index (χ1n) is 22.6. The van der Waals surface area contributed by atoms with E-state index in [1.165, 1.54) is 141 Å². The number of aliphatic hydroxyl groups is 1. The maximum absolute atomic E-state index is 12.9. The molecule has 0 fully saturated rings. The van der Waals surface area contributed by atoms with E-state index in [9.17, 15) is 19.4 Å². The quantitative estimate of drug-likeness (QED) is 0.0247. The van der Waals surface area contributed by atoms with Crippen molar-refractivity contribution in [2.75, 3.05) is 40.9 Å². The fraction of sp³-hybridized carbons (Fsp3) is 0.932. The molecule has 0 saturated heterocycles. The molecule has 0 saturated carbocycles. The molecule has 0 aliphatic heterocycles. The molecule has 1 unspecified atom stereocenters. The number of quaternary nitrogens is 1. The number of nitrogens with one attached hydrogen (secondary N) is 1. The highest BCUT2D eigenvalue weighted by atomic mass is 31.2. The van der Waals surface area contributed by atoms with Crippen LogP contribution in [0.2, 0.25) is 0 Å². The Balaban J connectivity index is 4.26. The molecule has 9 heteroatoms. The molecule has 0 aromatic heterocycles. The Hall–Kier alpha value is -0.760. The molecule has 0 rings (SSSR count). The Morgan fingerprint density at radius 1 is 0.623 bits per heavy atom. The first-order chi connectivity index (χ1) is 25.5. The van der Waals surface area contributed by atoms with Gasteiger partial charge in [-0.3, -0.25) is 13.8 Å². The maximum atomic E-state index is 12.9. The number of unbranched alkanes of at least 4 members (excludes halogenated alkanes) is 26. The van der Waals surface area contributed by atoms with Crippen molar-refractivity contribution in [2.45, 2.75) is 225 Å². The van der Waals surface area contributed by atoms with Crippen LogP contribution in [0.4, 0.5) is 0 Å². The number of allylic oxidation sites excluding steroid dienone is 2. The summed E-state index contributed by atoms with van der Waals surface area (Å²) >= 11 is 0. The van der Waals surface area contributed by atoms with Gasteiger partial charge in [-0.25, -0.2) is 4.57 Å². The van der Waals surface area contributed by atoms with Crippen LogP contribution in [0.15, 0.2) is 12.2 Å². The number of amides is 1. The molecule has 3 N–H and O–H groups in total. The van der Waals surface area contributed by atoms with Crippen molar-refractivity contribution in [3.63, 3.8) is 0 Å². The van der Waals surface area contributed by atoms with Gasteiger partial charge in [0, 0.05) is 6.42 Å². The SMILES string of the molecule is CCCCCCC/C=C/CCCC[C@@H](O)[C@H](COP(=O)(O)OCC[N+](C)(C)C)NC(=O)CCCCCCCCCCCCCCCCCCCCCC. The van der Waals surface area contributed by atoms with Gasteiger partial charge >= 0.3 is 7.82 Å². The summed E-state index contributed by atoms with van der Waals surface area (Å²) in [5.41, 5.74) is 0. The van der Waals surface area contributed by atoms with Crippen LogP contribution in [0, 0.1) is 0 Å². The molecule has 0 aromatic rings. The minimum absolute atomic E-state index is 0.0720. The molecule has 0 radical (unpaired) electrons. The predicted octanol–water partition coefficient (Wildman–Crippen LogP) is 12.4. The second-order valence-electron chi connectivity index (χ2n) is 16.8. The third-order valence-electron chi connectivity index (χ3n) is 10.3. The lowest BCUT2D eigenvalue weighted by Crippen LogP contribution is -2.46. The zero-order chi connectivity index (χ0) is 39.3. The Bertz CT molecular complexity index is 880. The highest BCUT2D eigenvalue weighted by Crippen LogP contribution is 2.43. The number of rotatable bonds is 41. The van der Waals surface area contributed by atoms with E-state index in [1.807, 2.05) is 21.1 Å². The van der Waals surface area contributed by atoms with E-state index in [2.05, 4.69) is 31.3 Å². The Morgan fingerprint density at radius 2 is 1.02 bits per heavy atom. The number of hydrogen-bond donors (Lipinski definition) is 3. The van der Waals surface area contributed by atoms with Gasteiger partial charge in [0.1, 0.15) is 13.2 Å². The largest absolute Gasteiger partial charge is 0.472 e. The van der Waals surface area contributed by atoms with E-state index in [0.717, 1.165) is 44.9 Å². The molecule has 3 atom stereocenters. The summed E-state index contributed by atoms with van der Waals surface area (Å²) in [6.45, 7) is 4.86. The number of phosphoric ester groups is 1. The van der Waals surface area contributed by atoms with E-state index in [1.54, 1.807) is 0 Å². The van der Waals surface area contributed by atoms with Crippen molar-refractivity contribution >= 4 is 13.7 Å². The minimum atomic E-state index is -4.31. The van der Waals surface area contributed by atoms with Crippen LogP contribution in [0.3, 0.4) is 0 Å². The molecule has 316 valence electrons. The smallest absolute Gasteiger partial charge is 0.391 e. The molecule has 0 spiro atoms. The normalized spacial score (nSPS) is 14.5. The van der Waals surface area contributed by atoms with Gasteiger partial charge in [-0.1, -0.05) is 180 Å². The zero-order valence-electron chi connectivity index (χ0n) is 35.8. The summed E-state index contributed by atoms with van der Waals surface area (Å²) in [4.78, 5) is 23.1. The topological polar surface area (TPSA) is 105 Å². The first kappa shape index (κ1) is 52.2. The predicted molar refractivity (Wildman–Crippen MR) is 226 cm³/mol. The lowest BCUT2D eigenvalue weighted by molar-refractivity contribution is -0.870. The number of likely N-dealkylation sites (N-methyl/N-ethyl adjacent to an activating group) is 1. The molecule has 53 heavy (non-hydrogen) atoms. The molecule has 8 nitrogen and oxygen atoms in total. The van der Waals surface area contributed by atoms with Crippen molar-refractivity contribution in [2.24, 2.45) is 0 Å². The molecule has 0 bridgehead atoms. The van der Waals surface area contributed by atoms with Gasteiger partial charge in [-0.2, -0.15) is 0 Å². The maximum Gasteiger partial charge on any atom is 0.472 e. The van der Waals surface area contributed by atoms with Crippen molar-refractivity contribution in [1.29, 1.82) is 0 Å². The second kappa shape index (κ2) is 36.9. The fourth-order valence-corrected chi connectivity index (χ4v) is 7.36. The van der Waals surface area contributed by atoms with Gasteiger partial charge in [-0.05, 0) is 38.5 Å². The number of carbonyl (C=O) groups is 1. The summed E-state index contributed by atoms with van der Waals surface area (Å²) in [6, 6.07) is -0.770. The number of nitrogens with zero attached hydrogens (tertiary/aromatic N) is 1. The first-order valence-corrected chi connectivity index (χ1v) is 24.0. The Morgan fingerprint density at radius 3 is 1.45 bits per heavy atom. The van der Waals surface area contributed by atoms with Crippen LogP contribution in [-0.2, 0) is 18.4 Å². The number of aliphatic hydroxyl groups excluding tert-OH is 1. The van der Waals surface area contributed by atoms with Gasteiger partial charge in [0.2, 0.25) is 5.91 Å². The monoisotopic (exact) mass is 774 g/mol. The average molecular weight is 774 g/mol. The summed E-state index contributed by atoms with van der Waals surface area (Å²) < 4.78 is 23.6. The van der Waals surface area contributed by atoms with Crippen LogP contribution < -0.4 is 5.32 Å². The van der Waals surface area contributed by atoms with Crippen molar-refractivity contribution in [3.8, 4) is 0 Å². The van der Waals surface area contributed by atoms with E-state index in [-0.39, 0.29) is 19.1 Å². The second-order valence-corrected chi connectivity index (χ2v) is 18.2. The van der Waals surface area contributed by atoms with Gasteiger partial charge in [-0.15, -0.1) is 0 Å². The molecule has 0 heterocycles. The summed E-state index contributed by atoms with van der Waals surface area (Å²) in [5.74, 6) is -0.152. The molecule has 0 aromatic carbocycles. The zero-order valence-corrected chi connectivity index (χ0v) is 36.7. The summed E-state index contributed by atoms with van der Waals surface area (Å²) in [7, 11) is 1.61. The number of carbonyl (C=O) groups excluding carboxylic acids is 1. The highest BCUT2D eigenvalue weighted by Gasteiger charge is 2.28. The van der Waals surface area contributed by atoms with Gasteiger partial charge in [0.15, 0.2) is 0 Å². The van der Waals surface area contributed by atoms with Gasteiger partial charge in [0.05, 0.1) is 39.9 Å². The molecule has 0 aliphatic carbocycles. The van der Waals surface area contributed by atoms with Crippen LogP contribution in [0.25, 0.3) is 0 Å². The van der Waals surface area contributed by atoms with Gasteiger partial charge in [0.25, 0.3) is 0 Å². The van der Waals surface area contributed by atoms with Crippen molar-refractivity contribution < 1.29 is 32.9 Å². The average Bonchev–Trinajstić information content (AvgIpc) is 3.10. The van der Waals surface area contributed by atoms with Crippen LogP contribution in [-0.4, -0.2) is 73.4 Å². The lowest BCUT2D eigenvalue weighted by Gasteiger charge is -2.26. The van der Waals surface area contributed by atoms with Crippen LogP contribution >= 0.6 is 7.82 Å². The molecular weight excluding hydrogens is 683 g/mol. The molecule has 1 amide bonds. The van der Waals surface area contributed by atoms with Crippen LogP contribution in [0.5, 0.6) is 0 Å². The van der Waals surface area contributed by atoms with Crippen molar-refractivity contribution in [3.05, 3.63) is 12.2 Å². The van der Waals surface area contributed by atoms with E-state index < -0.39 is 20.0 Å². The molecular formula is C44H90N2O6P+. The highest BCUT2D eigenvalue weighted by molar-refractivity contribution is 7.47. The van der Waals surface area contributed by atoms with E-state index in [0.29, 0.717) is 23.9 Å². The standard InChI is InChI=1S/C44H89N2O6P/c1-6-8-10-12-14-16-18-19-20-21-22-23-24-25-26-28-30-32-34-36-38-44(48)45-42(41-52-53(49,50)51-40-39-46(3,4)5)43(47)37-35-33-31-29-27-17-15-13-11-9-7-2/h27,29,42-43,47H,6-26,28,30-41H2,1-5H3,(H-,45,48,49,50)/p+1/b29-27+/t42-,43+/m0/s1. The third-order valence-corrected chi connectivity index (χ3v) is 11.2. The Kier molecular flexibility index (Phi) is 36.3. The summed E-state index contributed by atoms with van der Waals surface area (Å²) in [5, 5.41) is 13.9. The fourth-order valence-electron chi connectivity index (χ4n) is 6.63.